The van der Waals surface area contributed by atoms with E-state index in [1.807, 2.05) is 29.2 Å². The van der Waals surface area contributed by atoms with E-state index in [0.717, 1.165) is 5.56 Å². The summed E-state index contributed by atoms with van der Waals surface area (Å²) in [5, 5.41) is 4.28. The van der Waals surface area contributed by atoms with Gasteiger partial charge in [-0.3, -0.25) is 4.79 Å². The van der Waals surface area contributed by atoms with Crippen molar-refractivity contribution in [3.8, 4) is 0 Å². The molecule has 5 nitrogen and oxygen atoms in total. The molecule has 0 N–H and O–H groups in total. The topological polar surface area (TPSA) is 69.1 Å². The number of rotatable bonds is 5. The second kappa shape index (κ2) is 6.37. The van der Waals surface area contributed by atoms with Crippen molar-refractivity contribution in [3.05, 3.63) is 45.3 Å². The molecule has 0 spiro atoms. The van der Waals surface area contributed by atoms with Gasteiger partial charge in [-0.05, 0) is 29.1 Å². The van der Waals surface area contributed by atoms with Gasteiger partial charge in [0.25, 0.3) is 0 Å². The van der Waals surface area contributed by atoms with E-state index < -0.39 is 0 Å². The molecule has 0 bridgehead atoms. The lowest BCUT2D eigenvalue weighted by atomic mass is 9.84. The molecule has 21 heavy (non-hydrogen) atoms. The first kappa shape index (κ1) is 15.7. The highest BCUT2D eigenvalue weighted by Gasteiger charge is 2.33. The van der Waals surface area contributed by atoms with Crippen LogP contribution in [0.2, 0.25) is 5.02 Å². The minimum Gasteiger partial charge on any atom is -0.342 e. The van der Waals surface area contributed by atoms with Crippen molar-refractivity contribution in [1.29, 1.82) is 0 Å². The number of nitrogens with zero attached hydrogens (tertiary/aromatic N) is 4. The third-order valence-electron chi connectivity index (χ3n) is 3.89. The van der Waals surface area contributed by atoms with Crippen LogP contribution in [0.4, 0.5) is 0 Å². The molecular formula is C15H19ClN4O. The summed E-state index contributed by atoms with van der Waals surface area (Å²) in [6.07, 6.45) is 0.463. The van der Waals surface area contributed by atoms with Gasteiger partial charge >= 0.3 is 0 Å². The van der Waals surface area contributed by atoms with Gasteiger partial charge in [-0.2, -0.15) is 0 Å². The first-order chi connectivity index (χ1) is 9.92. The van der Waals surface area contributed by atoms with Crippen molar-refractivity contribution in [2.45, 2.75) is 25.7 Å². The minimum atomic E-state index is -0.173. The molecule has 6 heteroatoms. The Balaban J connectivity index is 2.06. The van der Waals surface area contributed by atoms with Crippen LogP contribution in [0.5, 0.6) is 0 Å². The Morgan fingerprint density at radius 3 is 2.95 bits per heavy atom. The zero-order valence-corrected chi connectivity index (χ0v) is 13.0. The van der Waals surface area contributed by atoms with Gasteiger partial charge < -0.3 is 4.90 Å². The number of carbonyl (C=O) groups is 1. The van der Waals surface area contributed by atoms with E-state index in [2.05, 4.69) is 23.9 Å². The monoisotopic (exact) mass is 306 g/mol. The lowest BCUT2D eigenvalue weighted by molar-refractivity contribution is -0.128. The predicted molar refractivity (Wildman–Crippen MR) is 83.2 cm³/mol. The maximum Gasteiger partial charge on any atom is 0.222 e. The number of halogens is 1. The Kier molecular flexibility index (Phi) is 4.76. The van der Waals surface area contributed by atoms with Gasteiger partial charge in [0.1, 0.15) is 0 Å². The van der Waals surface area contributed by atoms with Gasteiger partial charge in [0.05, 0.1) is 0 Å². The largest absolute Gasteiger partial charge is 0.342 e. The maximum absolute atomic E-state index is 12.1. The second-order valence-electron chi connectivity index (χ2n) is 6.15. The number of hydrogen-bond donors (Lipinski definition) is 0. The van der Waals surface area contributed by atoms with Gasteiger partial charge in [-0.15, -0.1) is 0 Å². The lowest BCUT2D eigenvalue weighted by Crippen LogP contribution is -2.38. The highest BCUT2D eigenvalue weighted by molar-refractivity contribution is 6.30. The molecule has 0 aliphatic carbocycles. The smallest absolute Gasteiger partial charge is 0.222 e. The van der Waals surface area contributed by atoms with E-state index in [-0.39, 0.29) is 17.2 Å². The van der Waals surface area contributed by atoms with Crippen molar-refractivity contribution in [2.24, 2.45) is 11.0 Å². The molecule has 1 fully saturated rings. The van der Waals surface area contributed by atoms with E-state index in [1.54, 1.807) is 0 Å². The highest BCUT2D eigenvalue weighted by atomic mass is 35.5. The molecule has 1 atom stereocenters. The zero-order valence-electron chi connectivity index (χ0n) is 12.3. The van der Waals surface area contributed by atoms with Crippen molar-refractivity contribution in [1.82, 2.24) is 4.90 Å². The summed E-state index contributed by atoms with van der Waals surface area (Å²) in [7, 11) is 0. The first-order valence-corrected chi connectivity index (χ1v) is 7.35. The Bertz CT molecular complexity index is 581. The molecule has 1 unspecified atom stereocenters. The summed E-state index contributed by atoms with van der Waals surface area (Å²) in [6, 6.07) is 7.75. The van der Waals surface area contributed by atoms with Crippen LogP contribution in [0.1, 0.15) is 25.8 Å². The van der Waals surface area contributed by atoms with E-state index in [4.69, 9.17) is 17.1 Å². The van der Waals surface area contributed by atoms with Crippen molar-refractivity contribution >= 4 is 17.5 Å². The van der Waals surface area contributed by atoms with Crippen molar-refractivity contribution in [3.63, 3.8) is 0 Å². The fourth-order valence-corrected chi connectivity index (χ4v) is 2.95. The molecule has 1 aromatic rings. The number of hydrogen-bond acceptors (Lipinski definition) is 2. The average molecular weight is 307 g/mol. The number of benzene rings is 1. The van der Waals surface area contributed by atoms with E-state index >= 15 is 0 Å². The highest BCUT2D eigenvalue weighted by Crippen LogP contribution is 2.29. The van der Waals surface area contributed by atoms with Crippen LogP contribution in [0.3, 0.4) is 0 Å². The van der Waals surface area contributed by atoms with Crippen molar-refractivity contribution in [2.75, 3.05) is 19.6 Å². The molecule has 1 heterocycles. The third-order valence-corrected chi connectivity index (χ3v) is 4.13. The van der Waals surface area contributed by atoms with Gasteiger partial charge in [0.2, 0.25) is 5.91 Å². The molecule has 0 radical (unpaired) electrons. The Morgan fingerprint density at radius 2 is 2.29 bits per heavy atom. The molecular weight excluding hydrogens is 288 g/mol. The summed E-state index contributed by atoms with van der Waals surface area (Å²) < 4.78 is 0. The summed E-state index contributed by atoms with van der Waals surface area (Å²) in [5.41, 5.74) is 9.31. The normalized spacial score (nSPS) is 18.7. The van der Waals surface area contributed by atoms with Crippen LogP contribution in [0.15, 0.2) is 29.4 Å². The molecule has 1 aromatic carbocycles. The van der Waals surface area contributed by atoms with Gasteiger partial charge in [0, 0.05) is 41.4 Å². The van der Waals surface area contributed by atoms with Crippen LogP contribution in [-0.2, 0) is 10.2 Å². The predicted octanol–water partition coefficient (Wildman–Crippen LogP) is 3.78. The van der Waals surface area contributed by atoms with Gasteiger partial charge in [-0.1, -0.05) is 42.7 Å². The Hall–Kier alpha value is -1.71. The molecule has 1 saturated heterocycles. The second-order valence-corrected chi connectivity index (χ2v) is 6.59. The van der Waals surface area contributed by atoms with E-state index in [0.29, 0.717) is 31.1 Å². The number of azide groups is 1. The summed E-state index contributed by atoms with van der Waals surface area (Å²) >= 11 is 6.05. The number of carbonyl (C=O) groups excluding carboxylic acids is 1. The molecule has 112 valence electrons. The third kappa shape index (κ3) is 3.90. The van der Waals surface area contributed by atoms with Crippen LogP contribution in [0, 0.1) is 5.92 Å². The van der Waals surface area contributed by atoms with Gasteiger partial charge in [-0.25, -0.2) is 0 Å². The lowest BCUT2D eigenvalue weighted by Gasteiger charge is -2.31. The van der Waals surface area contributed by atoms with Crippen LogP contribution < -0.4 is 0 Å². The molecule has 2 rings (SSSR count). The molecule has 1 aliphatic heterocycles. The average Bonchev–Trinajstić information content (AvgIpc) is 2.76. The molecule has 1 aliphatic rings. The minimum absolute atomic E-state index is 0.128. The van der Waals surface area contributed by atoms with Crippen LogP contribution in [0.25, 0.3) is 10.4 Å². The number of amides is 1. The first-order valence-electron chi connectivity index (χ1n) is 6.97. The molecule has 0 aromatic heterocycles. The SMILES string of the molecule is CC(C)(CN1CC(CN=[N+]=[N-])CC1=O)c1cccc(Cl)c1. The quantitative estimate of drug-likeness (QED) is 0.463. The fourth-order valence-electron chi connectivity index (χ4n) is 2.76. The Morgan fingerprint density at radius 1 is 1.52 bits per heavy atom. The van der Waals surface area contributed by atoms with Crippen LogP contribution in [-0.4, -0.2) is 30.4 Å². The Labute approximate surface area is 129 Å². The summed E-state index contributed by atoms with van der Waals surface area (Å²) in [5.74, 6) is 0.256. The number of likely N-dealkylation sites (tertiary alicyclic amines) is 1. The maximum atomic E-state index is 12.1. The fraction of sp³-hybridized carbons (Fsp3) is 0.533. The van der Waals surface area contributed by atoms with Gasteiger partial charge in [0.15, 0.2) is 0 Å². The summed E-state index contributed by atoms with van der Waals surface area (Å²) in [6.45, 7) is 5.89. The zero-order chi connectivity index (χ0) is 15.5. The summed E-state index contributed by atoms with van der Waals surface area (Å²) in [4.78, 5) is 16.7. The van der Waals surface area contributed by atoms with E-state index in [9.17, 15) is 4.79 Å². The van der Waals surface area contributed by atoms with Crippen molar-refractivity contribution < 1.29 is 4.79 Å². The molecule has 0 saturated carbocycles. The molecule has 1 amide bonds. The van der Waals surface area contributed by atoms with E-state index in [1.165, 1.54) is 0 Å². The standard InChI is InChI=1S/C15H19ClN4O/c1-15(2,12-4-3-5-13(16)7-12)10-20-9-11(6-14(20)21)8-18-19-17/h3-5,7,11H,6,8-10H2,1-2H3. The van der Waals surface area contributed by atoms with Crippen LogP contribution >= 0.6 is 11.6 Å².